The van der Waals surface area contributed by atoms with Crippen LogP contribution in [0.3, 0.4) is 0 Å². The maximum absolute atomic E-state index is 9.98. The van der Waals surface area contributed by atoms with Crippen LogP contribution in [0, 0.1) is 0 Å². The normalized spacial score (nSPS) is 11.5. The lowest BCUT2D eigenvalue weighted by Crippen LogP contribution is -2.04. The minimum atomic E-state index is -1.02. The minimum absolute atomic E-state index is 0.328. The Labute approximate surface area is 59.3 Å². The number of hydrogen-bond acceptors (Lipinski definition) is 3. The van der Waals surface area contributed by atoms with Gasteiger partial charge in [-0.25, -0.2) is 4.79 Å². The van der Waals surface area contributed by atoms with Gasteiger partial charge in [0.05, 0.1) is 6.61 Å². The van der Waals surface area contributed by atoms with E-state index in [0.29, 0.717) is 18.7 Å². The van der Waals surface area contributed by atoms with Crippen LogP contribution in [0.15, 0.2) is 11.8 Å². The fourth-order valence-electron chi connectivity index (χ4n) is 0.451. The number of methoxy groups -OCH3 is 1. The number of carbonyl (C=O) groups is 1. The lowest BCUT2D eigenvalue weighted by atomic mass is 10.3. The Morgan fingerprint density at radius 2 is 2.40 bits per heavy atom. The summed E-state index contributed by atoms with van der Waals surface area (Å²) in [5, 5.41) is 8.19. The first kappa shape index (κ1) is 8.97. The largest absolute Gasteiger partial charge is 0.478 e. The molecule has 0 spiro atoms. The molecule has 0 unspecified atom stereocenters. The smallest absolute Gasteiger partial charge is 0.330 e. The van der Waals surface area contributed by atoms with E-state index < -0.39 is 5.97 Å². The molecule has 0 saturated heterocycles. The molecule has 4 heteroatoms. The van der Waals surface area contributed by atoms with Gasteiger partial charge in [0.15, 0.2) is 0 Å². The lowest BCUT2D eigenvalue weighted by molar-refractivity contribution is -0.131. The van der Waals surface area contributed by atoms with E-state index in [1.165, 1.54) is 7.11 Å². The second kappa shape index (κ2) is 4.81. The van der Waals surface area contributed by atoms with E-state index in [-0.39, 0.29) is 0 Å². The van der Waals surface area contributed by atoms with Gasteiger partial charge in [0.2, 0.25) is 0 Å². The van der Waals surface area contributed by atoms with Crippen LogP contribution in [0.2, 0.25) is 0 Å². The zero-order valence-electron chi connectivity index (χ0n) is 5.83. The first-order chi connectivity index (χ1) is 4.66. The highest BCUT2D eigenvalue weighted by Gasteiger charge is 1.93. The van der Waals surface area contributed by atoms with Crippen molar-refractivity contribution < 1.29 is 14.6 Å². The molecule has 0 heterocycles. The molecule has 0 saturated carbocycles. The van der Waals surface area contributed by atoms with Crippen LogP contribution in [0.25, 0.3) is 0 Å². The summed E-state index contributed by atoms with van der Waals surface area (Å²) in [7, 11) is 1.54. The summed E-state index contributed by atoms with van der Waals surface area (Å²) >= 11 is 0. The van der Waals surface area contributed by atoms with Crippen molar-refractivity contribution in [3.05, 3.63) is 11.8 Å². The van der Waals surface area contributed by atoms with E-state index in [0.717, 1.165) is 6.08 Å². The first-order valence-corrected chi connectivity index (χ1v) is 2.84. The molecule has 4 nitrogen and oxygen atoms in total. The molecule has 0 aromatic heterocycles. The molecule has 3 N–H and O–H groups in total. The van der Waals surface area contributed by atoms with Crippen molar-refractivity contribution in [3.63, 3.8) is 0 Å². The standard InChI is InChI=1S/C6H11NO3/c1-10-3-2-5(7)4-6(8)9/h4H,2-3,7H2,1H3,(H,8,9)/b5-4-. The summed E-state index contributed by atoms with van der Waals surface area (Å²) in [5.74, 6) is -1.02. The molecule has 0 aliphatic rings. The summed E-state index contributed by atoms with van der Waals surface area (Å²) in [6.07, 6.45) is 1.43. The Balaban J connectivity index is 3.60. The maximum atomic E-state index is 9.98. The predicted molar refractivity (Wildman–Crippen MR) is 36.4 cm³/mol. The molecule has 0 aromatic carbocycles. The molecule has 0 fully saturated rings. The van der Waals surface area contributed by atoms with Crippen LogP contribution in [0.1, 0.15) is 6.42 Å². The van der Waals surface area contributed by atoms with E-state index in [2.05, 4.69) is 4.74 Å². The average Bonchev–Trinajstić information content (AvgIpc) is 1.82. The highest BCUT2D eigenvalue weighted by Crippen LogP contribution is 1.91. The topological polar surface area (TPSA) is 72.5 Å². The summed E-state index contributed by atoms with van der Waals surface area (Å²) in [5.41, 5.74) is 5.59. The molecule has 0 radical (unpaired) electrons. The van der Waals surface area contributed by atoms with E-state index >= 15 is 0 Å². The monoisotopic (exact) mass is 145 g/mol. The van der Waals surface area contributed by atoms with Gasteiger partial charge in [-0.1, -0.05) is 0 Å². The van der Waals surface area contributed by atoms with E-state index in [9.17, 15) is 4.79 Å². The SMILES string of the molecule is COCC/C(N)=C/C(=O)O. The van der Waals surface area contributed by atoms with Gasteiger partial charge in [-0.05, 0) is 0 Å². The van der Waals surface area contributed by atoms with Crippen molar-refractivity contribution >= 4 is 5.97 Å². The Kier molecular flexibility index (Phi) is 4.32. The van der Waals surface area contributed by atoms with Gasteiger partial charge in [0.1, 0.15) is 0 Å². The number of rotatable bonds is 4. The van der Waals surface area contributed by atoms with Crippen molar-refractivity contribution in [1.82, 2.24) is 0 Å². The quantitative estimate of drug-likeness (QED) is 0.544. The van der Waals surface area contributed by atoms with E-state index in [1.54, 1.807) is 0 Å². The van der Waals surface area contributed by atoms with Gasteiger partial charge in [-0.15, -0.1) is 0 Å². The Hall–Kier alpha value is -1.03. The third-order valence-electron chi connectivity index (χ3n) is 0.904. The molecule has 58 valence electrons. The van der Waals surface area contributed by atoms with E-state index in [1.807, 2.05) is 0 Å². The number of hydrogen-bond donors (Lipinski definition) is 2. The maximum Gasteiger partial charge on any atom is 0.330 e. The van der Waals surface area contributed by atoms with Gasteiger partial charge in [-0.3, -0.25) is 0 Å². The summed E-state index contributed by atoms with van der Waals surface area (Å²) < 4.78 is 4.68. The van der Waals surface area contributed by atoms with Crippen LogP contribution >= 0.6 is 0 Å². The molecule has 0 aromatic rings. The highest BCUT2D eigenvalue weighted by atomic mass is 16.5. The van der Waals surface area contributed by atoms with Crippen molar-refractivity contribution in [2.45, 2.75) is 6.42 Å². The zero-order valence-corrected chi connectivity index (χ0v) is 5.83. The van der Waals surface area contributed by atoms with Gasteiger partial charge >= 0.3 is 5.97 Å². The van der Waals surface area contributed by atoms with Crippen LogP contribution in [-0.2, 0) is 9.53 Å². The molecule has 0 aliphatic heterocycles. The average molecular weight is 145 g/mol. The molecule has 0 bridgehead atoms. The number of carboxylic acid groups (broad SMARTS) is 1. The van der Waals surface area contributed by atoms with Crippen molar-refractivity contribution in [2.24, 2.45) is 5.73 Å². The van der Waals surface area contributed by atoms with Crippen LogP contribution in [0.5, 0.6) is 0 Å². The molecule has 0 atom stereocenters. The van der Waals surface area contributed by atoms with Gasteiger partial charge in [-0.2, -0.15) is 0 Å². The molecule has 0 aliphatic carbocycles. The fraction of sp³-hybridized carbons (Fsp3) is 0.500. The predicted octanol–water partition coefficient (Wildman–Crippen LogP) is -0.0499. The lowest BCUT2D eigenvalue weighted by Gasteiger charge is -1.96. The molecule has 10 heavy (non-hydrogen) atoms. The molecular weight excluding hydrogens is 134 g/mol. The zero-order chi connectivity index (χ0) is 7.98. The molecular formula is C6H11NO3. The van der Waals surface area contributed by atoms with Crippen molar-refractivity contribution in [2.75, 3.05) is 13.7 Å². The Bertz CT molecular complexity index is 142. The third-order valence-corrected chi connectivity index (χ3v) is 0.904. The fourth-order valence-corrected chi connectivity index (χ4v) is 0.451. The van der Waals surface area contributed by atoms with Crippen LogP contribution in [-0.4, -0.2) is 24.8 Å². The first-order valence-electron chi connectivity index (χ1n) is 2.84. The van der Waals surface area contributed by atoms with Gasteiger partial charge in [0, 0.05) is 25.3 Å². The molecule has 0 amide bonds. The number of ether oxygens (including phenoxy) is 1. The highest BCUT2D eigenvalue weighted by molar-refractivity contribution is 5.80. The van der Waals surface area contributed by atoms with Crippen LogP contribution in [0.4, 0.5) is 0 Å². The summed E-state index contributed by atoms with van der Waals surface area (Å²) in [6.45, 7) is 0.454. The number of nitrogens with two attached hydrogens (primary N) is 1. The number of aliphatic carboxylic acids is 1. The number of carboxylic acids is 1. The second-order valence-electron chi connectivity index (χ2n) is 1.80. The van der Waals surface area contributed by atoms with Crippen molar-refractivity contribution in [1.29, 1.82) is 0 Å². The van der Waals surface area contributed by atoms with Gasteiger partial charge < -0.3 is 15.6 Å². The minimum Gasteiger partial charge on any atom is -0.478 e. The Morgan fingerprint density at radius 1 is 1.80 bits per heavy atom. The second-order valence-corrected chi connectivity index (χ2v) is 1.80. The molecule has 0 rings (SSSR count). The van der Waals surface area contributed by atoms with Crippen LogP contribution < -0.4 is 5.73 Å². The van der Waals surface area contributed by atoms with E-state index in [4.69, 9.17) is 10.8 Å². The Morgan fingerprint density at radius 3 is 2.80 bits per heavy atom. The summed E-state index contributed by atoms with van der Waals surface area (Å²) in [4.78, 5) is 9.98. The van der Waals surface area contributed by atoms with Gasteiger partial charge in [0.25, 0.3) is 0 Å². The van der Waals surface area contributed by atoms with Crippen molar-refractivity contribution in [3.8, 4) is 0 Å². The summed E-state index contributed by atoms with van der Waals surface area (Å²) in [6, 6.07) is 0. The third kappa shape index (κ3) is 5.11.